The number of nitrogens with two attached hydrogens (primary N) is 1. The maximum absolute atomic E-state index is 12.9. The lowest BCUT2D eigenvalue weighted by molar-refractivity contribution is -0.184. The molecule has 2 aliphatic rings. The van der Waals surface area contributed by atoms with E-state index in [1.165, 1.54) is 20.8 Å². The third-order valence-electron chi connectivity index (χ3n) is 4.80. The molecule has 2 fully saturated rings. The van der Waals surface area contributed by atoms with Gasteiger partial charge in [0.05, 0.1) is 17.9 Å². The number of sulfone groups is 1. The normalized spacial score (nSPS) is 27.3. The SMILES string of the molecule is CCOC(=O)OC(C)OC(=O)[C@@H]1N2C(=O)[C@H](COC(=O)CN)[C@H]2S(=O)(=O)C1(C)C. The van der Waals surface area contributed by atoms with Gasteiger partial charge in [-0.25, -0.2) is 18.0 Å². The van der Waals surface area contributed by atoms with Crippen molar-refractivity contribution in [1.29, 1.82) is 0 Å². The smallest absolute Gasteiger partial charge is 0.464 e. The van der Waals surface area contributed by atoms with Crippen LogP contribution >= 0.6 is 0 Å². The molecule has 29 heavy (non-hydrogen) atoms. The predicted molar refractivity (Wildman–Crippen MR) is 94.6 cm³/mol. The first-order valence-corrected chi connectivity index (χ1v) is 10.4. The van der Waals surface area contributed by atoms with E-state index < -0.39 is 75.4 Å². The molecule has 0 bridgehead atoms. The van der Waals surface area contributed by atoms with Crippen LogP contribution < -0.4 is 5.73 Å². The highest BCUT2D eigenvalue weighted by Gasteiger charge is 2.72. The van der Waals surface area contributed by atoms with Crippen LogP contribution in [-0.4, -0.2) is 79.5 Å². The quantitative estimate of drug-likeness (QED) is 0.223. The molecule has 1 unspecified atom stereocenters. The van der Waals surface area contributed by atoms with Gasteiger partial charge in [-0.05, 0) is 20.8 Å². The highest BCUT2D eigenvalue weighted by molar-refractivity contribution is 7.93. The first-order valence-electron chi connectivity index (χ1n) is 8.85. The van der Waals surface area contributed by atoms with Crippen molar-refractivity contribution in [2.75, 3.05) is 19.8 Å². The summed E-state index contributed by atoms with van der Waals surface area (Å²) >= 11 is 0. The molecule has 13 heteroatoms. The van der Waals surface area contributed by atoms with Crippen LogP contribution in [0, 0.1) is 5.92 Å². The number of hydrogen-bond acceptors (Lipinski definition) is 11. The number of fused-ring (bicyclic) bond motifs is 1. The molecule has 0 aromatic heterocycles. The molecule has 0 aromatic rings. The number of hydrogen-bond donors (Lipinski definition) is 1. The Bertz CT molecular complexity index is 809. The Morgan fingerprint density at radius 2 is 1.83 bits per heavy atom. The zero-order valence-corrected chi connectivity index (χ0v) is 17.3. The van der Waals surface area contributed by atoms with Crippen LogP contribution in [0.25, 0.3) is 0 Å². The third-order valence-corrected chi connectivity index (χ3v) is 7.68. The van der Waals surface area contributed by atoms with E-state index in [2.05, 4.69) is 4.74 Å². The monoisotopic (exact) mass is 436 g/mol. The van der Waals surface area contributed by atoms with Gasteiger partial charge in [0.15, 0.2) is 15.2 Å². The summed E-state index contributed by atoms with van der Waals surface area (Å²) in [4.78, 5) is 48.6. The summed E-state index contributed by atoms with van der Waals surface area (Å²) < 4.78 is 43.3. The minimum absolute atomic E-state index is 0.0491. The molecule has 12 nitrogen and oxygen atoms in total. The molecule has 2 aliphatic heterocycles. The van der Waals surface area contributed by atoms with E-state index in [9.17, 15) is 27.6 Å². The highest BCUT2D eigenvalue weighted by Crippen LogP contribution is 2.49. The number of rotatable bonds is 7. The molecule has 2 N–H and O–H groups in total. The van der Waals surface area contributed by atoms with Gasteiger partial charge < -0.3 is 29.6 Å². The fourth-order valence-electron chi connectivity index (χ4n) is 3.32. The van der Waals surface area contributed by atoms with E-state index in [0.717, 1.165) is 4.90 Å². The second kappa shape index (κ2) is 8.14. The van der Waals surface area contributed by atoms with E-state index in [-0.39, 0.29) is 6.61 Å². The Kier molecular flexibility index (Phi) is 6.42. The Labute approximate surface area is 167 Å². The van der Waals surface area contributed by atoms with Crippen molar-refractivity contribution in [2.24, 2.45) is 11.7 Å². The van der Waals surface area contributed by atoms with E-state index >= 15 is 0 Å². The van der Waals surface area contributed by atoms with Crippen molar-refractivity contribution in [2.45, 2.75) is 50.1 Å². The van der Waals surface area contributed by atoms with Crippen molar-refractivity contribution in [3.63, 3.8) is 0 Å². The summed E-state index contributed by atoms with van der Waals surface area (Å²) in [5.74, 6) is -3.65. The van der Waals surface area contributed by atoms with Gasteiger partial charge in [0, 0.05) is 6.92 Å². The molecule has 2 heterocycles. The lowest BCUT2D eigenvalue weighted by Gasteiger charge is -2.42. The zero-order valence-electron chi connectivity index (χ0n) is 16.4. The summed E-state index contributed by atoms with van der Waals surface area (Å²) in [6.07, 6.45) is -2.43. The first-order chi connectivity index (χ1) is 13.4. The Hall–Kier alpha value is -2.41. The first kappa shape index (κ1) is 22.9. The second-order valence-electron chi connectivity index (χ2n) is 6.99. The summed E-state index contributed by atoms with van der Waals surface area (Å²) in [5.41, 5.74) is 5.12. The third kappa shape index (κ3) is 3.88. The maximum atomic E-state index is 12.9. The number of carbonyl (C=O) groups is 4. The van der Waals surface area contributed by atoms with Gasteiger partial charge >= 0.3 is 18.1 Å². The molecule has 0 aliphatic carbocycles. The molecule has 4 atom stereocenters. The topological polar surface area (TPSA) is 169 Å². The number of β-lactam (4-membered cyclic amide) rings is 1. The molecule has 0 spiro atoms. The highest BCUT2D eigenvalue weighted by atomic mass is 32.2. The summed E-state index contributed by atoms with van der Waals surface area (Å²) in [7, 11) is -4.01. The van der Waals surface area contributed by atoms with Crippen molar-refractivity contribution in [3.8, 4) is 0 Å². The van der Waals surface area contributed by atoms with Crippen LogP contribution in [-0.2, 0) is 43.2 Å². The van der Waals surface area contributed by atoms with E-state index in [0.29, 0.717) is 0 Å². The van der Waals surface area contributed by atoms with Crippen molar-refractivity contribution < 1.29 is 46.5 Å². The van der Waals surface area contributed by atoms with Gasteiger partial charge in [-0.3, -0.25) is 9.59 Å². The van der Waals surface area contributed by atoms with Crippen LogP contribution in [0.15, 0.2) is 0 Å². The van der Waals surface area contributed by atoms with E-state index in [1.54, 1.807) is 6.92 Å². The Morgan fingerprint density at radius 3 is 2.38 bits per heavy atom. The fourth-order valence-corrected chi connectivity index (χ4v) is 5.62. The zero-order chi connectivity index (χ0) is 22.1. The van der Waals surface area contributed by atoms with Gasteiger partial charge in [-0.2, -0.15) is 0 Å². The molecule has 2 saturated heterocycles. The lowest BCUT2D eigenvalue weighted by atomic mass is 9.92. The number of carbonyl (C=O) groups excluding carboxylic acids is 4. The lowest BCUT2D eigenvalue weighted by Crippen LogP contribution is -2.65. The van der Waals surface area contributed by atoms with Crippen LogP contribution in [0.2, 0.25) is 0 Å². The number of ether oxygens (including phenoxy) is 4. The predicted octanol–water partition coefficient (Wildman–Crippen LogP) is -1.09. The van der Waals surface area contributed by atoms with Crippen LogP contribution in [0.1, 0.15) is 27.7 Å². The standard InChI is InChI=1S/C16H24N2O10S/c1-5-25-15(22)28-8(2)27-14(21)11-16(3,4)29(23,24)13-9(12(20)18(11)13)7-26-10(19)6-17/h8-9,11,13H,5-7,17H2,1-4H3/t8?,9-,11-,13+/m0/s1. The molecule has 0 aromatic carbocycles. The molecule has 0 radical (unpaired) electrons. The molecule has 0 saturated carbocycles. The number of nitrogens with zero attached hydrogens (tertiary/aromatic N) is 1. The number of amides is 1. The summed E-state index contributed by atoms with van der Waals surface area (Å²) in [5, 5.41) is -1.34. The molecular weight excluding hydrogens is 412 g/mol. The average molecular weight is 436 g/mol. The largest absolute Gasteiger partial charge is 0.511 e. The number of esters is 2. The minimum atomic E-state index is -4.01. The van der Waals surface area contributed by atoms with Gasteiger partial charge in [0.25, 0.3) is 0 Å². The molecule has 1 amide bonds. The molecule has 2 rings (SSSR count). The second-order valence-corrected chi connectivity index (χ2v) is 9.61. The van der Waals surface area contributed by atoms with Gasteiger partial charge in [0.1, 0.15) is 18.6 Å². The van der Waals surface area contributed by atoms with Crippen LogP contribution in [0.3, 0.4) is 0 Å². The van der Waals surface area contributed by atoms with Crippen molar-refractivity contribution >= 4 is 33.8 Å². The fraction of sp³-hybridized carbons (Fsp3) is 0.750. The van der Waals surface area contributed by atoms with Crippen molar-refractivity contribution in [1.82, 2.24) is 4.90 Å². The van der Waals surface area contributed by atoms with Gasteiger partial charge in [-0.15, -0.1) is 0 Å². The maximum Gasteiger partial charge on any atom is 0.511 e. The molecular formula is C16H24N2O10S. The molecule has 164 valence electrons. The van der Waals surface area contributed by atoms with Gasteiger partial charge in [0.2, 0.25) is 12.2 Å². The summed E-state index contributed by atoms with van der Waals surface area (Å²) in [6.45, 7) is 4.56. The Morgan fingerprint density at radius 1 is 1.21 bits per heavy atom. The Balaban J connectivity index is 2.17. The minimum Gasteiger partial charge on any atom is -0.464 e. The van der Waals surface area contributed by atoms with E-state index in [4.69, 9.17) is 19.9 Å². The van der Waals surface area contributed by atoms with E-state index in [1.807, 2.05) is 0 Å². The van der Waals surface area contributed by atoms with Gasteiger partial charge in [-0.1, -0.05) is 0 Å². The van der Waals surface area contributed by atoms with Crippen molar-refractivity contribution in [3.05, 3.63) is 0 Å². The summed E-state index contributed by atoms with van der Waals surface area (Å²) in [6, 6.07) is -1.46. The van der Waals surface area contributed by atoms with Crippen LogP contribution in [0.4, 0.5) is 4.79 Å². The average Bonchev–Trinajstić information content (AvgIpc) is 2.75. The van der Waals surface area contributed by atoms with Crippen LogP contribution in [0.5, 0.6) is 0 Å².